The van der Waals surface area contributed by atoms with Crippen LogP contribution in [0.1, 0.15) is 18.9 Å². The van der Waals surface area contributed by atoms with Gasteiger partial charge in [0.2, 0.25) is 10.0 Å². The van der Waals surface area contributed by atoms with Crippen molar-refractivity contribution in [2.75, 3.05) is 0 Å². The molecule has 96 valence electrons. The van der Waals surface area contributed by atoms with E-state index >= 15 is 0 Å². The van der Waals surface area contributed by atoms with Gasteiger partial charge in [-0.1, -0.05) is 19.1 Å². The van der Waals surface area contributed by atoms with Gasteiger partial charge in [0.15, 0.2) is 0 Å². The summed E-state index contributed by atoms with van der Waals surface area (Å²) in [7, 11) is -4.01. The number of benzene rings is 1. The van der Waals surface area contributed by atoms with E-state index in [2.05, 4.69) is 4.72 Å². The number of carboxylic acids is 1. The molecule has 0 radical (unpaired) electrons. The fraction of sp³-hybridized carbons (Fsp3) is 0.273. The second-order valence-corrected chi connectivity index (χ2v) is 5.21. The Morgan fingerprint density at radius 3 is 2.61 bits per heavy atom. The second-order valence-electron chi connectivity index (χ2n) is 3.53. The summed E-state index contributed by atoms with van der Waals surface area (Å²) in [6.45, 7) is 1.55. The van der Waals surface area contributed by atoms with Crippen LogP contribution in [0.2, 0.25) is 0 Å². The molecule has 0 aliphatic rings. The first-order valence-electron chi connectivity index (χ1n) is 5.16. The zero-order valence-corrected chi connectivity index (χ0v) is 10.4. The van der Waals surface area contributed by atoms with E-state index in [4.69, 9.17) is 10.4 Å². The highest BCUT2D eigenvalue weighted by atomic mass is 32.2. The van der Waals surface area contributed by atoms with Gasteiger partial charge in [-0.2, -0.15) is 9.98 Å². The quantitative estimate of drug-likeness (QED) is 0.817. The molecule has 1 atom stereocenters. The lowest BCUT2D eigenvalue weighted by atomic mass is 10.2. The van der Waals surface area contributed by atoms with Crippen molar-refractivity contribution < 1.29 is 18.3 Å². The Bertz CT molecular complexity index is 589. The van der Waals surface area contributed by atoms with Crippen LogP contribution >= 0.6 is 0 Å². The first-order valence-corrected chi connectivity index (χ1v) is 6.65. The van der Waals surface area contributed by atoms with Gasteiger partial charge in [0.25, 0.3) is 0 Å². The van der Waals surface area contributed by atoms with Gasteiger partial charge in [0, 0.05) is 0 Å². The molecule has 0 saturated carbocycles. The van der Waals surface area contributed by atoms with Crippen molar-refractivity contribution in [2.24, 2.45) is 0 Å². The van der Waals surface area contributed by atoms with E-state index in [1.165, 1.54) is 24.3 Å². The first kappa shape index (κ1) is 14.2. The fourth-order valence-corrected chi connectivity index (χ4v) is 2.78. The monoisotopic (exact) mass is 268 g/mol. The lowest BCUT2D eigenvalue weighted by Crippen LogP contribution is -2.40. The SMILES string of the molecule is CCC(NS(=O)(=O)c1ccccc1C#N)C(=O)O. The van der Waals surface area contributed by atoms with Crippen LogP contribution in [0.5, 0.6) is 0 Å². The second kappa shape index (κ2) is 5.62. The fourth-order valence-electron chi connectivity index (χ4n) is 1.35. The number of nitrogens with zero attached hydrogens (tertiary/aromatic N) is 1. The summed E-state index contributed by atoms with van der Waals surface area (Å²) in [5.41, 5.74) is -0.0229. The number of aliphatic carboxylic acids is 1. The Hall–Kier alpha value is -1.91. The van der Waals surface area contributed by atoms with Gasteiger partial charge in [-0.15, -0.1) is 0 Å². The third kappa shape index (κ3) is 3.06. The smallest absolute Gasteiger partial charge is 0.321 e. The third-order valence-electron chi connectivity index (χ3n) is 2.30. The lowest BCUT2D eigenvalue weighted by molar-refractivity contribution is -0.139. The molecule has 0 aromatic heterocycles. The van der Waals surface area contributed by atoms with Gasteiger partial charge < -0.3 is 5.11 Å². The molecule has 1 rings (SSSR count). The Labute approximate surface area is 105 Å². The van der Waals surface area contributed by atoms with Gasteiger partial charge in [-0.05, 0) is 18.6 Å². The standard InChI is InChI=1S/C11H12N2O4S/c1-2-9(11(14)15)13-18(16,17)10-6-4-3-5-8(10)7-12/h3-6,9,13H,2H2,1H3,(H,14,15). The molecule has 1 unspecified atom stereocenters. The number of rotatable bonds is 5. The van der Waals surface area contributed by atoms with Crippen LogP contribution in [0, 0.1) is 11.3 Å². The number of nitriles is 1. The van der Waals surface area contributed by atoms with Crippen molar-refractivity contribution in [3.8, 4) is 6.07 Å². The number of hydrogen-bond acceptors (Lipinski definition) is 4. The van der Waals surface area contributed by atoms with Crippen molar-refractivity contribution in [2.45, 2.75) is 24.3 Å². The molecule has 0 heterocycles. The number of hydrogen-bond donors (Lipinski definition) is 2. The molecule has 0 aliphatic heterocycles. The van der Waals surface area contributed by atoms with E-state index < -0.39 is 22.0 Å². The summed E-state index contributed by atoms with van der Waals surface area (Å²) in [6.07, 6.45) is 0.114. The number of sulfonamides is 1. The highest BCUT2D eigenvalue weighted by molar-refractivity contribution is 7.89. The van der Waals surface area contributed by atoms with Crippen molar-refractivity contribution >= 4 is 16.0 Å². The van der Waals surface area contributed by atoms with Crippen molar-refractivity contribution in [3.63, 3.8) is 0 Å². The van der Waals surface area contributed by atoms with E-state index in [0.29, 0.717) is 0 Å². The summed E-state index contributed by atoms with van der Waals surface area (Å²) in [5.74, 6) is -1.25. The molecule has 1 aromatic rings. The van der Waals surface area contributed by atoms with E-state index in [9.17, 15) is 13.2 Å². The maximum absolute atomic E-state index is 12.0. The molecular weight excluding hydrogens is 256 g/mol. The first-order chi connectivity index (χ1) is 8.42. The summed E-state index contributed by atoms with van der Waals surface area (Å²) in [5, 5.41) is 17.6. The van der Waals surface area contributed by atoms with Crippen LogP contribution in [0.15, 0.2) is 29.2 Å². The van der Waals surface area contributed by atoms with E-state index in [1.54, 1.807) is 13.0 Å². The maximum Gasteiger partial charge on any atom is 0.321 e. The zero-order valence-electron chi connectivity index (χ0n) is 9.62. The van der Waals surface area contributed by atoms with E-state index in [1.807, 2.05) is 0 Å². The van der Waals surface area contributed by atoms with Crippen LogP contribution in [-0.4, -0.2) is 25.5 Å². The number of carboxylic acid groups (broad SMARTS) is 1. The van der Waals surface area contributed by atoms with Gasteiger partial charge in [0.05, 0.1) is 10.5 Å². The summed E-state index contributed by atoms with van der Waals surface area (Å²) >= 11 is 0. The summed E-state index contributed by atoms with van der Waals surface area (Å²) in [4.78, 5) is 10.6. The third-order valence-corrected chi connectivity index (χ3v) is 3.83. The number of nitrogens with one attached hydrogen (secondary N) is 1. The van der Waals surface area contributed by atoms with Gasteiger partial charge >= 0.3 is 5.97 Å². The highest BCUT2D eigenvalue weighted by Gasteiger charge is 2.25. The van der Waals surface area contributed by atoms with E-state index in [0.717, 1.165) is 0 Å². The van der Waals surface area contributed by atoms with E-state index in [-0.39, 0.29) is 16.9 Å². The molecule has 6 nitrogen and oxygen atoms in total. The van der Waals surface area contributed by atoms with Crippen molar-refractivity contribution in [3.05, 3.63) is 29.8 Å². The molecule has 0 saturated heterocycles. The predicted octanol–water partition coefficient (Wildman–Crippen LogP) is 0.700. The van der Waals surface area contributed by atoms with Gasteiger partial charge in [-0.25, -0.2) is 8.42 Å². The molecule has 1 aromatic carbocycles. The molecular formula is C11H12N2O4S. The van der Waals surface area contributed by atoms with Crippen LogP contribution in [0.4, 0.5) is 0 Å². The molecule has 18 heavy (non-hydrogen) atoms. The summed E-state index contributed by atoms with van der Waals surface area (Å²) in [6, 6.07) is 6.17. The molecule has 0 bridgehead atoms. The Balaban J connectivity index is 3.15. The highest BCUT2D eigenvalue weighted by Crippen LogP contribution is 2.15. The minimum atomic E-state index is -4.01. The Morgan fingerprint density at radius 2 is 2.11 bits per heavy atom. The summed E-state index contributed by atoms with van der Waals surface area (Å²) < 4.78 is 26.0. The Kier molecular flexibility index (Phi) is 4.42. The molecule has 0 amide bonds. The van der Waals surface area contributed by atoms with Crippen LogP contribution < -0.4 is 4.72 Å². The minimum absolute atomic E-state index is 0.0229. The average molecular weight is 268 g/mol. The van der Waals surface area contributed by atoms with Gasteiger partial charge in [-0.3, -0.25) is 4.79 Å². The van der Waals surface area contributed by atoms with Gasteiger partial charge in [0.1, 0.15) is 12.1 Å². The normalized spacial score (nSPS) is 12.7. The minimum Gasteiger partial charge on any atom is -0.480 e. The van der Waals surface area contributed by atoms with Crippen LogP contribution in [0.25, 0.3) is 0 Å². The van der Waals surface area contributed by atoms with Crippen LogP contribution in [-0.2, 0) is 14.8 Å². The molecule has 0 aliphatic carbocycles. The lowest BCUT2D eigenvalue weighted by Gasteiger charge is -2.13. The average Bonchev–Trinajstić information content (AvgIpc) is 2.35. The molecule has 2 N–H and O–H groups in total. The predicted molar refractivity (Wildman–Crippen MR) is 63.2 cm³/mol. The number of carbonyl (C=O) groups is 1. The maximum atomic E-state index is 12.0. The molecule has 0 fully saturated rings. The zero-order chi connectivity index (χ0) is 13.8. The van der Waals surface area contributed by atoms with Crippen molar-refractivity contribution in [1.29, 1.82) is 5.26 Å². The molecule has 7 heteroatoms. The largest absolute Gasteiger partial charge is 0.480 e. The topological polar surface area (TPSA) is 107 Å². The van der Waals surface area contributed by atoms with Crippen LogP contribution in [0.3, 0.4) is 0 Å². The van der Waals surface area contributed by atoms with Crippen molar-refractivity contribution in [1.82, 2.24) is 4.72 Å². The molecule has 0 spiro atoms. The Morgan fingerprint density at radius 1 is 1.50 bits per heavy atom.